The van der Waals surface area contributed by atoms with Crippen molar-refractivity contribution in [2.45, 2.75) is 38.6 Å². The van der Waals surface area contributed by atoms with Crippen molar-refractivity contribution >= 4 is 21.6 Å². The molecule has 0 aromatic heterocycles. The Kier molecular flexibility index (Phi) is 4.27. The van der Waals surface area contributed by atoms with E-state index in [-0.39, 0.29) is 11.9 Å². The first kappa shape index (κ1) is 17.8. The summed E-state index contributed by atoms with van der Waals surface area (Å²) in [5, 5.41) is 3.45. The minimum absolute atomic E-state index is 0.0686. The third-order valence-electron chi connectivity index (χ3n) is 6.28. The first-order chi connectivity index (χ1) is 12.3. The van der Waals surface area contributed by atoms with Gasteiger partial charge in [-0.25, -0.2) is 8.42 Å². The van der Waals surface area contributed by atoms with Gasteiger partial charge in [0.25, 0.3) is 5.91 Å². The minimum Gasteiger partial charge on any atom is -0.339 e. The molecule has 4 rings (SSSR count). The zero-order valence-corrected chi connectivity index (χ0v) is 16.3. The SMILES string of the molecule is CC1Cc2cc(C(=O)N3CCC4(CCNC4)CC3)ccc2N1S(C)(=O)=O. The maximum Gasteiger partial charge on any atom is 0.253 e. The Labute approximate surface area is 155 Å². The molecule has 3 heterocycles. The molecule has 0 bridgehead atoms. The normalized spacial score (nSPS) is 24.9. The van der Waals surface area contributed by atoms with E-state index in [1.54, 1.807) is 12.1 Å². The summed E-state index contributed by atoms with van der Waals surface area (Å²) in [6.45, 7) is 5.69. The van der Waals surface area contributed by atoms with E-state index in [4.69, 9.17) is 0 Å². The van der Waals surface area contributed by atoms with Gasteiger partial charge in [0.1, 0.15) is 0 Å². The lowest BCUT2D eigenvalue weighted by Crippen LogP contribution is -2.44. The second kappa shape index (κ2) is 6.23. The lowest BCUT2D eigenvalue weighted by atomic mass is 9.78. The summed E-state index contributed by atoms with van der Waals surface area (Å²) in [6, 6.07) is 5.36. The Morgan fingerprint density at radius 3 is 2.58 bits per heavy atom. The Bertz CT molecular complexity index is 820. The molecule has 1 aromatic carbocycles. The molecule has 1 amide bonds. The Morgan fingerprint density at radius 2 is 1.96 bits per heavy atom. The predicted molar refractivity (Wildman–Crippen MR) is 102 cm³/mol. The van der Waals surface area contributed by atoms with Crippen molar-refractivity contribution in [1.29, 1.82) is 0 Å². The van der Waals surface area contributed by atoms with Gasteiger partial charge < -0.3 is 10.2 Å². The predicted octanol–water partition coefficient (Wildman–Crippen LogP) is 1.61. The molecule has 1 atom stereocenters. The van der Waals surface area contributed by atoms with Gasteiger partial charge in [-0.2, -0.15) is 0 Å². The quantitative estimate of drug-likeness (QED) is 0.850. The fourth-order valence-electron chi connectivity index (χ4n) is 4.83. The van der Waals surface area contributed by atoms with Crippen LogP contribution in [0.3, 0.4) is 0 Å². The number of hydrogen-bond donors (Lipinski definition) is 1. The molecule has 2 saturated heterocycles. The number of carbonyl (C=O) groups excluding carboxylic acids is 1. The molecule has 3 aliphatic rings. The first-order valence-corrected chi connectivity index (χ1v) is 11.3. The Hall–Kier alpha value is -1.60. The van der Waals surface area contributed by atoms with E-state index in [0.29, 0.717) is 23.1 Å². The van der Waals surface area contributed by atoms with Gasteiger partial charge in [-0.05, 0) is 68.3 Å². The molecule has 2 fully saturated rings. The van der Waals surface area contributed by atoms with Crippen molar-refractivity contribution in [3.05, 3.63) is 29.3 Å². The average molecular weight is 378 g/mol. The molecular formula is C19H27N3O3S. The van der Waals surface area contributed by atoms with Gasteiger partial charge in [-0.15, -0.1) is 0 Å². The van der Waals surface area contributed by atoms with Crippen LogP contribution in [0.5, 0.6) is 0 Å². The van der Waals surface area contributed by atoms with E-state index in [1.165, 1.54) is 17.0 Å². The molecule has 142 valence electrons. The van der Waals surface area contributed by atoms with Crippen LogP contribution in [-0.4, -0.2) is 57.7 Å². The van der Waals surface area contributed by atoms with Crippen LogP contribution >= 0.6 is 0 Å². The molecule has 0 saturated carbocycles. The van der Waals surface area contributed by atoms with E-state index in [9.17, 15) is 13.2 Å². The van der Waals surface area contributed by atoms with Crippen LogP contribution in [0.15, 0.2) is 18.2 Å². The van der Waals surface area contributed by atoms with Gasteiger partial charge >= 0.3 is 0 Å². The number of nitrogens with one attached hydrogen (secondary N) is 1. The number of hydrogen-bond acceptors (Lipinski definition) is 4. The zero-order chi connectivity index (χ0) is 18.5. The summed E-state index contributed by atoms with van der Waals surface area (Å²) in [4.78, 5) is 14.9. The molecule has 1 N–H and O–H groups in total. The van der Waals surface area contributed by atoms with Crippen molar-refractivity contribution < 1.29 is 13.2 Å². The van der Waals surface area contributed by atoms with E-state index >= 15 is 0 Å². The summed E-state index contributed by atoms with van der Waals surface area (Å²) in [5.41, 5.74) is 2.72. The molecule has 1 unspecified atom stereocenters. The van der Waals surface area contributed by atoms with Gasteiger partial charge in [0.15, 0.2) is 0 Å². The summed E-state index contributed by atoms with van der Waals surface area (Å²) in [5.74, 6) is 0.0686. The number of likely N-dealkylation sites (tertiary alicyclic amines) is 1. The minimum atomic E-state index is -3.30. The second-order valence-corrected chi connectivity index (χ2v) is 10.0. The monoisotopic (exact) mass is 377 g/mol. The number of fused-ring (bicyclic) bond motifs is 1. The summed E-state index contributed by atoms with van der Waals surface area (Å²) < 4.78 is 25.5. The van der Waals surface area contributed by atoms with Crippen LogP contribution in [0, 0.1) is 5.41 Å². The summed E-state index contributed by atoms with van der Waals surface area (Å²) >= 11 is 0. The van der Waals surface area contributed by atoms with Crippen molar-refractivity contribution in [1.82, 2.24) is 10.2 Å². The molecule has 1 aromatic rings. The van der Waals surface area contributed by atoms with E-state index in [2.05, 4.69) is 5.32 Å². The molecule has 1 spiro atoms. The lowest BCUT2D eigenvalue weighted by molar-refractivity contribution is 0.0607. The molecule has 26 heavy (non-hydrogen) atoms. The number of nitrogens with zero attached hydrogens (tertiary/aromatic N) is 2. The molecule has 7 heteroatoms. The number of amides is 1. The molecule has 0 radical (unpaired) electrons. The van der Waals surface area contributed by atoms with Gasteiger partial charge in [0.2, 0.25) is 10.0 Å². The maximum atomic E-state index is 12.9. The number of anilines is 1. The molecule has 6 nitrogen and oxygen atoms in total. The number of rotatable bonds is 2. The highest BCUT2D eigenvalue weighted by Crippen LogP contribution is 2.38. The Morgan fingerprint density at radius 1 is 1.23 bits per heavy atom. The fraction of sp³-hybridized carbons (Fsp3) is 0.632. The third kappa shape index (κ3) is 3.01. The zero-order valence-electron chi connectivity index (χ0n) is 15.5. The summed E-state index contributed by atoms with van der Waals surface area (Å²) in [6.07, 6.45) is 5.23. The van der Waals surface area contributed by atoms with Crippen LogP contribution in [0.2, 0.25) is 0 Å². The first-order valence-electron chi connectivity index (χ1n) is 9.41. The molecule has 0 aliphatic carbocycles. The van der Waals surface area contributed by atoms with Crippen molar-refractivity contribution in [2.24, 2.45) is 5.41 Å². The van der Waals surface area contributed by atoms with Crippen LogP contribution in [0.25, 0.3) is 0 Å². The van der Waals surface area contributed by atoms with Gasteiger partial charge in [-0.1, -0.05) is 0 Å². The van der Waals surface area contributed by atoms with Gasteiger partial charge in [-0.3, -0.25) is 9.10 Å². The van der Waals surface area contributed by atoms with E-state index in [1.807, 2.05) is 17.9 Å². The second-order valence-electron chi connectivity index (χ2n) is 8.17. The lowest BCUT2D eigenvalue weighted by Gasteiger charge is -2.39. The fourth-order valence-corrected chi connectivity index (χ4v) is 6.09. The van der Waals surface area contributed by atoms with Gasteiger partial charge in [0.05, 0.1) is 11.9 Å². The molecular weight excluding hydrogens is 350 g/mol. The van der Waals surface area contributed by atoms with Gasteiger partial charge in [0, 0.05) is 31.2 Å². The highest BCUT2D eigenvalue weighted by Gasteiger charge is 2.38. The van der Waals surface area contributed by atoms with Crippen molar-refractivity contribution in [2.75, 3.05) is 36.7 Å². The topological polar surface area (TPSA) is 69.7 Å². The standard InChI is InChI=1S/C19H27N3O3S/c1-14-11-16-12-15(3-4-17(16)22(14)26(2,24)25)18(23)21-9-6-19(7-10-21)5-8-20-13-19/h3-4,12,14,20H,5-11,13H2,1-2H3. The highest BCUT2D eigenvalue weighted by atomic mass is 32.2. The highest BCUT2D eigenvalue weighted by molar-refractivity contribution is 7.92. The number of piperidine rings is 1. The number of benzene rings is 1. The van der Waals surface area contributed by atoms with Crippen LogP contribution < -0.4 is 9.62 Å². The van der Waals surface area contributed by atoms with E-state index < -0.39 is 10.0 Å². The maximum absolute atomic E-state index is 12.9. The molecule has 3 aliphatic heterocycles. The number of sulfonamides is 1. The Balaban J connectivity index is 1.51. The van der Waals surface area contributed by atoms with Crippen LogP contribution in [0.1, 0.15) is 42.1 Å². The average Bonchev–Trinajstić information content (AvgIpc) is 3.17. The largest absolute Gasteiger partial charge is 0.339 e. The smallest absolute Gasteiger partial charge is 0.253 e. The van der Waals surface area contributed by atoms with Crippen LogP contribution in [-0.2, 0) is 16.4 Å². The van der Waals surface area contributed by atoms with Crippen molar-refractivity contribution in [3.8, 4) is 0 Å². The summed E-state index contributed by atoms with van der Waals surface area (Å²) in [7, 11) is -3.30. The van der Waals surface area contributed by atoms with E-state index in [0.717, 1.165) is 44.6 Å². The number of carbonyl (C=O) groups is 1. The van der Waals surface area contributed by atoms with Crippen LogP contribution in [0.4, 0.5) is 5.69 Å². The third-order valence-corrected chi connectivity index (χ3v) is 7.55. The van der Waals surface area contributed by atoms with Crippen molar-refractivity contribution in [3.63, 3.8) is 0 Å².